The molecule has 3 heteroatoms. The Kier molecular flexibility index (Phi) is 3.27. The van der Waals surface area contributed by atoms with Crippen LogP contribution in [0.2, 0.25) is 0 Å². The van der Waals surface area contributed by atoms with Gasteiger partial charge in [0, 0.05) is 19.1 Å². The molecule has 1 atom stereocenters. The molecule has 1 aromatic rings. The molecule has 0 saturated heterocycles. The molecule has 3 rings (SSSR count). The number of ether oxygens (including phenoxy) is 2. The average Bonchev–Trinajstić information content (AvgIpc) is 2.41. The number of hydrogen-bond donors (Lipinski definition) is 1. The molecule has 1 N–H and O–H groups in total. The third kappa shape index (κ3) is 2.37. The summed E-state index contributed by atoms with van der Waals surface area (Å²) in [6.45, 7) is 2.04. The van der Waals surface area contributed by atoms with Gasteiger partial charge < -0.3 is 14.6 Å². The highest BCUT2D eigenvalue weighted by atomic mass is 16.5. The first-order valence-electron chi connectivity index (χ1n) is 7.12. The van der Waals surface area contributed by atoms with E-state index in [1.54, 1.807) is 7.11 Å². The second-order valence-corrected chi connectivity index (χ2v) is 5.98. The number of fused-ring (bicyclic) bond motifs is 1. The second-order valence-electron chi connectivity index (χ2n) is 5.98. The Morgan fingerprint density at radius 3 is 2.74 bits per heavy atom. The minimum absolute atomic E-state index is 0.184. The van der Waals surface area contributed by atoms with Crippen molar-refractivity contribution < 1.29 is 14.6 Å². The molecule has 1 aromatic carbocycles. The summed E-state index contributed by atoms with van der Waals surface area (Å²) in [6.07, 6.45) is 4.63. The fourth-order valence-electron chi connectivity index (χ4n) is 3.42. The minimum atomic E-state index is -0.400. The van der Waals surface area contributed by atoms with Gasteiger partial charge in [0.15, 0.2) is 0 Å². The van der Waals surface area contributed by atoms with E-state index in [4.69, 9.17) is 9.47 Å². The maximum absolute atomic E-state index is 10.4. The van der Waals surface area contributed by atoms with Crippen LogP contribution in [-0.4, -0.2) is 23.9 Å². The third-order valence-electron chi connectivity index (χ3n) is 4.59. The second kappa shape index (κ2) is 4.80. The van der Waals surface area contributed by atoms with Crippen molar-refractivity contribution in [1.29, 1.82) is 0 Å². The van der Waals surface area contributed by atoms with E-state index < -0.39 is 6.10 Å². The Morgan fingerprint density at radius 1 is 1.32 bits per heavy atom. The van der Waals surface area contributed by atoms with E-state index in [1.165, 1.54) is 5.56 Å². The molecular weight excluding hydrogens is 240 g/mol. The molecule has 0 amide bonds. The smallest absolute Gasteiger partial charge is 0.125 e. The average molecular weight is 262 g/mol. The molecule has 104 valence electrons. The number of aliphatic hydroxyl groups is 1. The zero-order chi connectivity index (χ0) is 13.5. The van der Waals surface area contributed by atoms with Gasteiger partial charge in [0.2, 0.25) is 0 Å². The maximum Gasteiger partial charge on any atom is 0.125 e. The normalized spacial score (nSPS) is 33.8. The summed E-state index contributed by atoms with van der Waals surface area (Å²) < 4.78 is 11.7. The van der Waals surface area contributed by atoms with E-state index in [1.807, 2.05) is 25.1 Å². The van der Waals surface area contributed by atoms with Crippen LogP contribution in [0.25, 0.3) is 0 Å². The van der Waals surface area contributed by atoms with Crippen LogP contribution in [0, 0.1) is 6.92 Å². The van der Waals surface area contributed by atoms with Gasteiger partial charge in [0.25, 0.3) is 0 Å². The summed E-state index contributed by atoms with van der Waals surface area (Å²) >= 11 is 0. The Balaban J connectivity index is 1.83. The van der Waals surface area contributed by atoms with Crippen LogP contribution in [-0.2, 0) is 4.74 Å². The molecule has 1 heterocycles. The number of methoxy groups -OCH3 is 1. The zero-order valence-electron chi connectivity index (χ0n) is 11.7. The van der Waals surface area contributed by atoms with Crippen molar-refractivity contribution in [3.8, 4) is 5.75 Å². The standard InChI is InChI=1S/C16H22O3/c1-11-3-4-15-13(9-11)14(17)10-16(19-15)7-5-12(18-2)6-8-16/h3-4,9,12,14,17H,5-8,10H2,1-2H3/t12?,14-,16?/m0/s1. The lowest BCUT2D eigenvalue weighted by Gasteiger charge is -2.44. The number of rotatable bonds is 1. The predicted octanol–water partition coefficient (Wildman–Crippen LogP) is 3.14. The van der Waals surface area contributed by atoms with E-state index in [0.29, 0.717) is 12.5 Å². The number of hydrogen-bond acceptors (Lipinski definition) is 3. The first-order valence-corrected chi connectivity index (χ1v) is 7.12. The van der Waals surface area contributed by atoms with Crippen molar-refractivity contribution in [1.82, 2.24) is 0 Å². The molecule has 19 heavy (non-hydrogen) atoms. The molecule has 1 fully saturated rings. The lowest BCUT2D eigenvalue weighted by atomic mass is 9.77. The van der Waals surface area contributed by atoms with E-state index in [0.717, 1.165) is 37.0 Å². The molecule has 1 saturated carbocycles. The van der Waals surface area contributed by atoms with Gasteiger partial charge in [-0.25, -0.2) is 0 Å². The van der Waals surface area contributed by atoms with Crippen LogP contribution < -0.4 is 4.74 Å². The molecule has 0 unspecified atom stereocenters. The summed E-state index contributed by atoms with van der Waals surface area (Å²) in [5, 5.41) is 10.4. The molecule has 2 aliphatic rings. The van der Waals surface area contributed by atoms with E-state index in [2.05, 4.69) is 0 Å². The Bertz CT molecular complexity index is 461. The summed E-state index contributed by atoms with van der Waals surface area (Å²) in [5.41, 5.74) is 1.93. The van der Waals surface area contributed by atoms with E-state index >= 15 is 0 Å². The monoisotopic (exact) mass is 262 g/mol. The van der Waals surface area contributed by atoms with E-state index in [9.17, 15) is 5.11 Å². The quantitative estimate of drug-likeness (QED) is 0.845. The van der Waals surface area contributed by atoms with Crippen molar-refractivity contribution in [3.63, 3.8) is 0 Å². The SMILES string of the molecule is COC1CCC2(CC1)C[C@H](O)c1cc(C)ccc1O2. The van der Waals surface area contributed by atoms with Crippen LogP contribution in [0.5, 0.6) is 5.75 Å². The first kappa shape index (κ1) is 12.9. The van der Waals surface area contributed by atoms with Gasteiger partial charge in [-0.15, -0.1) is 0 Å². The molecule has 1 aliphatic heterocycles. The van der Waals surface area contributed by atoms with Crippen LogP contribution in [0.3, 0.4) is 0 Å². The zero-order valence-corrected chi connectivity index (χ0v) is 11.7. The highest BCUT2D eigenvalue weighted by Crippen LogP contribution is 2.46. The molecule has 0 radical (unpaired) electrons. The minimum Gasteiger partial charge on any atom is -0.487 e. The topological polar surface area (TPSA) is 38.7 Å². The molecule has 0 aromatic heterocycles. The van der Waals surface area contributed by atoms with Gasteiger partial charge in [-0.1, -0.05) is 11.6 Å². The van der Waals surface area contributed by atoms with E-state index in [-0.39, 0.29) is 5.60 Å². The lowest BCUT2D eigenvalue weighted by molar-refractivity contribution is -0.0672. The number of aryl methyl sites for hydroxylation is 1. The molecule has 1 spiro atoms. The Hall–Kier alpha value is -1.06. The van der Waals surface area contributed by atoms with Crippen LogP contribution in [0.15, 0.2) is 18.2 Å². The fraction of sp³-hybridized carbons (Fsp3) is 0.625. The van der Waals surface area contributed by atoms with Crippen molar-refractivity contribution in [2.24, 2.45) is 0 Å². The summed E-state index contributed by atoms with van der Waals surface area (Å²) in [6, 6.07) is 6.08. The van der Waals surface area contributed by atoms with Crippen LogP contribution in [0.4, 0.5) is 0 Å². The van der Waals surface area contributed by atoms with Crippen LogP contribution >= 0.6 is 0 Å². The number of benzene rings is 1. The third-order valence-corrected chi connectivity index (χ3v) is 4.59. The van der Waals surface area contributed by atoms with Crippen molar-refractivity contribution in [2.45, 2.75) is 56.8 Å². The van der Waals surface area contributed by atoms with Crippen molar-refractivity contribution >= 4 is 0 Å². The van der Waals surface area contributed by atoms with Crippen molar-refractivity contribution in [3.05, 3.63) is 29.3 Å². The van der Waals surface area contributed by atoms with Gasteiger partial charge in [-0.2, -0.15) is 0 Å². The largest absolute Gasteiger partial charge is 0.487 e. The summed E-state index contributed by atoms with van der Waals surface area (Å²) in [4.78, 5) is 0. The Labute approximate surface area is 114 Å². The van der Waals surface area contributed by atoms with Gasteiger partial charge in [-0.3, -0.25) is 0 Å². The lowest BCUT2D eigenvalue weighted by Crippen LogP contribution is -2.45. The van der Waals surface area contributed by atoms with Gasteiger partial charge >= 0.3 is 0 Å². The summed E-state index contributed by atoms with van der Waals surface area (Å²) in [7, 11) is 1.78. The molecular formula is C16H22O3. The predicted molar refractivity (Wildman–Crippen MR) is 73.4 cm³/mol. The molecule has 0 bridgehead atoms. The Morgan fingerprint density at radius 2 is 2.05 bits per heavy atom. The van der Waals surface area contributed by atoms with Gasteiger partial charge in [0.05, 0.1) is 12.2 Å². The molecule has 1 aliphatic carbocycles. The first-order chi connectivity index (χ1) is 9.12. The maximum atomic E-state index is 10.4. The van der Waals surface area contributed by atoms with Crippen molar-refractivity contribution in [2.75, 3.05) is 7.11 Å². The molecule has 3 nitrogen and oxygen atoms in total. The fourth-order valence-corrected chi connectivity index (χ4v) is 3.42. The highest BCUT2D eigenvalue weighted by Gasteiger charge is 2.43. The highest BCUT2D eigenvalue weighted by molar-refractivity contribution is 5.41. The number of aliphatic hydroxyl groups excluding tert-OH is 1. The van der Waals surface area contributed by atoms with Crippen LogP contribution in [0.1, 0.15) is 49.3 Å². The van der Waals surface area contributed by atoms with Gasteiger partial charge in [-0.05, 0) is 44.7 Å². The van der Waals surface area contributed by atoms with Gasteiger partial charge in [0.1, 0.15) is 11.4 Å². The summed E-state index contributed by atoms with van der Waals surface area (Å²) in [5.74, 6) is 0.861.